The molecule has 0 bridgehead atoms. The molecule has 1 heterocycles. The average Bonchev–Trinajstić information content (AvgIpc) is 2.91. The summed E-state index contributed by atoms with van der Waals surface area (Å²) in [4.78, 5) is 37.4. The molecular formula is C18H13ClF3N3O3. The highest BCUT2D eigenvalue weighted by molar-refractivity contribution is 6.33. The van der Waals surface area contributed by atoms with Crippen LogP contribution in [-0.4, -0.2) is 29.3 Å². The second kappa shape index (κ2) is 7.51. The van der Waals surface area contributed by atoms with Crippen LogP contribution in [0.4, 0.5) is 23.7 Å². The standard InChI is InChI=1S/C18H13ClF3N3O3/c19-12-7-6-11(18(20,21)22)8-13(12)23-14(26)9-25-16(27)15(24-17(25)28)10-4-2-1-3-5-10/h1-8,15H,9H2,(H,23,26)(H,24,28). The summed E-state index contributed by atoms with van der Waals surface area (Å²) in [6.45, 7) is -0.666. The van der Waals surface area contributed by atoms with E-state index in [4.69, 9.17) is 11.6 Å². The third-order valence-corrected chi connectivity index (χ3v) is 4.36. The summed E-state index contributed by atoms with van der Waals surface area (Å²) >= 11 is 5.83. The summed E-state index contributed by atoms with van der Waals surface area (Å²) in [5.41, 5.74) is -0.718. The van der Waals surface area contributed by atoms with E-state index in [-0.39, 0.29) is 10.7 Å². The van der Waals surface area contributed by atoms with Gasteiger partial charge in [-0.05, 0) is 23.8 Å². The fourth-order valence-corrected chi connectivity index (χ4v) is 2.84. The first kappa shape index (κ1) is 19.7. The highest BCUT2D eigenvalue weighted by Crippen LogP contribution is 2.33. The first-order chi connectivity index (χ1) is 13.2. The van der Waals surface area contributed by atoms with E-state index in [1.807, 2.05) is 0 Å². The molecule has 4 amide bonds. The number of alkyl halides is 3. The molecule has 2 aromatic carbocycles. The second-order valence-electron chi connectivity index (χ2n) is 5.96. The molecular weight excluding hydrogens is 399 g/mol. The van der Waals surface area contributed by atoms with Crippen LogP contribution < -0.4 is 10.6 Å². The Kier molecular flexibility index (Phi) is 5.28. The Labute approximate surface area is 162 Å². The SMILES string of the molecule is O=C(CN1C(=O)NC(c2ccccc2)C1=O)Nc1cc(C(F)(F)F)ccc1Cl. The maximum Gasteiger partial charge on any atom is 0.416 e. The van der Waals surface area contributed by atoms with Crippen molar-refractivity contribution in [2.45, 2.75) is 12.2 Å². The van der Waals surface area contributed by atoms with E-state index < -0.39 is 42.2 Å². The van der Waals surface area contributed by atoms with E-state index in [9.17, 15) is 27.6 Å². The van der Waals surface area contributed by atoms with Crippen molar-refractivity contribution in [3.63, 3.8) is 0 Å². The molecule has 0 saturated carbocycles. The second-order valence-corrected chi connectivity index (χ2v) is 6.37. The number of imide groups is 1. The van der Waals surface area contributed by atoms with Crippen LogP contribution in [0.5, 0.6) is 0 Å². The van der Waals surface area contributed by atoms with Gasteiger partial charge < -0.3 is 10.6 Å². The van der Waals surface area contributed by atoms with Gasteiger partial charge in [-0.1, -0.05) is 41.9 Å². The van der Waals surface area contributed by atoms with Gasteiger partial charge in [0.1, 0.15) is 12.6 Å². The number of amides is 4. The van der Waals surface area contributed by atoms with Crippen LogP contribution >= 0.6 is 11.6 Å². The molecule has 28 heavy (non-hydrogen) atoms. The van der Waals surface area contributed by atoms with E-state index >= 15 is 0 Å². The number of halogens is 4. The molecule has 1 fully saturated rings. The highest BCUT2D eigenvalue weighted by Gasteiger charge is 2.40. The van der Waals surface area contributed by atoms with Crippen molar-refractivity contribution in [2.75, 3.05) is 11.9 Å². The van der Waals surface area contributed by atoms with Gasteiger partial charge in [0.05, 0.1) is 16.3 Å². The number of hydrogen-bond acceptors (Lipinski definition) is 3. The molecule has 1 saturated heterocycles. The zero-order valence-electron chi connectivity index (χ0n) is 14.1. The van der Waals surface area contributed by atoms with Crippen molar-refractivity contribution >= 4 is 35.1 Å². The van der Waals surface area contributed by atoms with Gasteiger partial charge >= 0.3 is 12.2 Å². The summed E-state index contributed by atoms with van der Waals surface area (Å²) in [6, 6.07) is 9.18. The van der Waals surface area contributed by atoms with E-state index in [1.54, 1.807) is 30.3 Å². The van der Waals surface area contributed by atoms with Crippen molar-refractivity contribution in [2.24, 2.45) is 0 Å². The summed E-state index contributed by atoms with van der Waals surface area (Å²) in [7, 11) is 0. The molecule has 0 radical (unpaired) electrons. The molecule has 146 valence electrons. The Bertz CT molecular complexity index is 935. The van der Waals surface area contributed by atoms with Gasteiger partial charge in [0.2, 0.25) is 5.91 Å². The van der Waals surface area contributed by atoms with Crippen molar-refractivity contribution in [1.82, 2.24) is 10.2 Å². The maximum absolute atomic E-state index is 12.8. The van der Waals surface area contributed by atoms with Crippen molar-refractivity contribution < 1.29 is 27.6 Å². The van der Waals surface area contributed by atoms with Gasteiger partial charge in [-0.25, -0.2) is 4.79 Å². The lowest BCUT2D eigenvalue weighted by Gasteiger charge is -2.15. The highest BCUT2D eigenvalue weighted by atomic mass is 35.5. The fraction of sp³-hybridized carbons (Fsp3) is 0.167. The summed E-state index contributed by atoms with van der Waals surface area (Å²) < 4.78 is 38.4. The molecule has 1 atom stereocenters. The molecule has 0 spiro atoms. The van der Waals surface area contributed by atoms with Crippen LogP contribution in [0.15, 0.2) is 48.5 Å². The third-order valence-electron chi connectivity index (χ3n) is 4.03. The molecule has 2 N–H and O–H groups in total. The van der Waals surface area contributed by atoms with Gasteiger partial charge in [-0.2, -0.15) is 13.2 Å². The zero-order valence-corrected chi connectivity index (χ0v) is 14.8. The average molecular weight is 412 g/mol. The lowest BCUT2D eigenvalue weighted by molar-refractivity contribution is -0.137. The van der Waals surface area contributed by atoms with Crippen LogP contribution in [0.25, 0.3) is 0 Å². The van der Waals surface area contributed by atoms with Gasteiger partial charge in [-0.3, -0.25) is 14.5 Å². The molecule has 3 rings (SSSR count). The summed E-state index contributed by atoms with van der Waals surface area (Å²) in [5, 5.41) is 4.55. The summed E-state index contributed by atoms with van der Waals surface area (Å²) in [5.74, 6) is -1.50. The number of nitrogens with one attached hydrogen (secondary N) is 2. The molecule has 1 aliphatic heterocycles. The molecule has 1 aliphatic rings. The topological polar surface area (TPSA) is 78.5 Å². The minimum absolute atomic E-state index is 0.110. The first-order valence-corrected chi connectivity index (χ1v) is 8.38. The van der Waals surface area contributed by atoms with Gasteiger partial charge in [0.15, 0.2) is 0 Å². The third kappa shape index (κ3) is 4.09. The minimum atomic E-state index is -4.61. The van der Waals surface area contributed by atoms with Crippen LogP contribution in [0, 0.1) is 0 Å². The molecule has 2 aromatic rings. The first-order valence-electron chi connectivity index (χ1n) is 8.00. The quantitative estimate of drug-likeness (QED) is 0.755. The number of nitrogens with zero attached hydrogens (tertiary/aromatic N) is 1. The number of benzene rings is 2. The van der Waals surface area contributed by atoms with E-state index in [0.717, 1.165) is 12.1 Å². The van der Waals surface area contributed by atoms with E-state index in [1.165, 1.54) is 0 Å². The maximum atomic E-state index is 12.8. The Balaban J connectivity index is 1.72. The predicted octanol–water partition coefficient (Wildman–Crippen LogP) is 3.59. The number of urea groups is 1. The van der Waals surface area contributed by atoms with Gasteiger partial charge in [0, 0.05) is 0 Å². The number of carbonyl (C=O) groups is 3. The van der Waals surface area contributed by atoms with Crippen molar-refractivity contribution in [1.29, 1.82) is 0 Å². The zero-order chi connectivity index (χ0) is 20.5. The van der Waals surface area contributed by atoms with Crippen LogP contribution in [0.2, 0.25) is 5.02 Å². The van der Waals surface area contributed by atoms with E-state index in [2.05, 4.69) is 10.6 Å². The van der Waals surface area contributed by atoms with Crippen molar-refractivity contribution in [3.05, 3.63) is 64.7 Å². The Morgan fingerprint density at radius 1 is 1.14 bits per heavy atom. The minimum Gasteiger partial charge on any atom is -0.323 e. The Morgan fingerprint density at radius 2 is 1.82 bits per heavy atom. The monoisotopic (exact) mass is 411 g/mol. The largest absolute Gasteiger partial charge is 0.416 e. The molecule has 0 aromatic heterocycles. The van der Waals surface area contributed by atoms with Crippen LogP contribution in [-0.2, 0) is 15.8 Å². The molecule has 10 heteroatoms. The Hall–Kier alpha value is -3.07. The number of rotatable bonds is 4. The summed E-state index contributed by atoms with van der Waals surface area (Å²) in [6.07, 6.45) is -4.61. The molecule has 1 unspecified atom stereocenters. The predicted molar refractivity (Wildman–Crippen MR) is 94.5 cm³/mol. The van der Waals surface area contributed by atoms with Crippen LogP contribution in [0.1, 0.15) is 17.2 Å². The van der Waals surface area contributed by atoms with Crippen LogP contribution in [0.3, 0.4) is 0 Å². The molecule has 0 aliphatic carbocycles. The number of carbonyl (C=O) groups excluding carboxylic acids is 3. The number of hydrogen-bond donors (Lipinski definition) is 2. The fourth-order valence-electron chi connectivity index (χ4n) is 2.67. The van der Waals surface area contributed by atoms with Gasteiger partial charge in [0.25, 0.3) is 5.91 Å². The lowest BCUT2D eigenvalue weighted by Crippen LogP contribution is -2.38. The van der Waals surface area contributed by atoms with Gasteiger partial charge in [-0.15, -0.1) is 0 Å². The normalized spacial score (nSPS) is 16.9. The van der Waals surface area contributed by atoms with E-state index in [0.29, 0.717) is 16.5 Å². The number of anilines is 1. The Morgan fingerprint density at radius 3 is 2.46 bits per heavy atom. The molecule has 6 nitrogen and oxygen atoms in total. The lowest BCUT2D eigenvalue weighted by atomic mass is 10.1. The van der Waals surface area contributed by atoms with Crippen molar-refractivity contribution in [3.8, 4) is 0 Å². The smallest absolute Gasteiger partial charge is 0.323 e.